The summed E-state index contributed by atoms with van der Waals surface area (Å²) in [4.78, 5) is 21.6. The molecule has 2 aliphatic rings. The van der Waals surface area contributed by atoms with Gasteiger partial charge in [0.1, 0.15) is 0 Å². The Morgan fingerprint density at radius 3 is 2.33 bits per heavy atom. The van der Waals surface area contributed by atoms with Crippen molar-refractivity contribution in [2.24, 2.45) is 0 Å². The van der Waals surface area contributed by atoms with E-state index >= 15 is 0 Å². The summed E-state index contributed by atoms with van der Waals surface area (Å²) in [6, 6.07) is 0. The molecule has 7 nitrogen and oxygen atoms in total. The number of carbonyl (C=O) groups is 1. The van der Waals surface area contributed by atoms with E-state index < -0.39 is 35.0 Å². The summed E-state index contributed by atoms with van der Waals surface area (Å²) in [7, 11) is -0.766. The molecule has 1 heterocycles. The van der Waals surface area contributed by atoms with Crippen LogP contribution in [-0.2, 0) is 14.1 Å². The number of aliphatic carboxylic acids is 1. The summed E-state index contributed by atoms with van der Waals surface area (Å²) in [6.45, 7) is 7.46. The Kier molecular flexibility index (Phi) is 3.71. The van der Waals surface area contributed by atoms with Crippen molar-refractivity contribution in [1.82, 2.24) is 0 Å². The van der Waals surface area contributed by atoms with Crippen molar-refractivity contribution < 1.29 is 24.1 Å². The normalized spacial score (nSPS) is 27.0. The Morgan fingerprint density at radius 2 is 1.90 bits per heavy atom. The molecule has 1 saturated heterocycles. The standard InChI is InChI=1S/C13H18BNO6/c1-12(2)13(3,4)21-14(20-12)9-6-5-8(11(16)17)7-10(9)15(18)19/h5,7,9H,6H2,1-4H3,(H,16,17). The summed E-state index contributed by atoms with van der Waals surface area (Å²) in [5.41, 5.74) is -1.44. The minimum Gasteiger partial charge on any atom is -0.478 e. The molecule has 2 rings (SSSR count). The fourth-order valence-corrected chi connectivity index (χ4v) is 2.34. The molecule has 1 unspecified atom stereocenters. The predicted octanol–water partition coefficient (Wildman–Crippen LogP) is 2.02. The zero-order valence-electron chi connectivity index (χ0n) is 12.5. The summed E-state index contributed by atoms with van der Waals surface area (Å²) < 4.78 is 11.7. The maximum Gasteiger partial charge on any atom is 0.472 e. The van der Waals surface area contributed by atoms with Crippen LogP contribution in [0.1, 0.15) is 34.1 Å². The number of carboxylic acids is 1. The van der Waals surface area contributed by atoms with Gasteiger partial charge >= 0.3 is 13.1 Å². The van der Waals surface area contributed by atoms with Crippen molar-refractivity contribution in [2.45, 2.75) is 51.1 Å². The smallest absolute Gasteiger partial charge is 0.472 e. The average molecular weight is 295 g/mol. The van der Waals surface area contributed by atoms with E-state index in [0.717, 1.165) is 6.08 Å². The van der Waals surface area contributed by atoms with Gasteiger partial charge in [-0.05, 0) is 34.1 Å². The van der Waals surface area contributed by atoms with Crippen LogP contribution in [0.2, 0.25) is 5.82 Å². The zero-order chi connectivity index (χ0) is 16.0. The van der Waals surface area contributed by atoms with Crippen molar-refractivity contribution in [1.29, 1.82) is 0 Å². The van der Waals surface area contributed by atoms with Crippen LogP contribution < -0.4 is 0 Å². The first-order chi connectivity index (χ1) is 9.55. The van der Waals surface area contributed by atoms with Crippen molar-refractivity contribution >= 4 is 13.1 Å². The molecular formula is C13H18BNO6. The lowest BCUT2D eigenvalue weighted by molar-refractivity contribution is -0.428. The van der Waals surface area contributed by atoms with Crippen molar-refractivity contribution in [3.05, 3.63) is 33.5 Å². The van der Waals surface area contributed by atoms with Gasteiger partial charge in [-0.1, -0.05) is 6.08 Å². The third-order valence-corrected chi connectivity index (χ3v) is 4.33. The average Bonchev–Trinajstić information content (AvgIpc) is 2.57. The Bertz CT molecular complexity index is 535. The van der Waals surface area contributed by atoms with Crippen molar-refractivity contribution in [3.8, 4) is 0 Å². The van der Waals surface area contributed by atoms with Gasteiger partial charge in [0.25, 0.3) is 0 Å². The monoisotopic (exact) mass is 295 g/mol. The van der Waals surface area contributed by atoms with E-state index in [0.29, 0.717) is 0 Å². The van der Waals surface area contributed by atoms with E-state index in [1.54, 1.807) is 0 Å². The quantitative estimate of drug-likeness (QED) is 0.486. The first kappa shape index (κ1) is 15.7. The Hall–Kier alpha value is -1.67. The molecule has 0 aromatic rings. The highest BCUT2D eigenvalue weighted by Gasteiger charge is 2.56. The summed E-state index contributed by atoms with van der Waals surface area (Å²) >= 11 is 0. The molecule has 1 fully saturated rings. The molecule has 0 saturated carbocycles. The van der Waals surface area contributed by atoms with E-state index in [4.69, 9.17) is 14.4 Å². The highest BCUT2D eigenvalue weighted by molar-refractivity contribution is 6.48. The highest BCUT2D eigenvalue weighted by atomic mass is 16.7. The molecule has 114 valence electrons. The van der Waals surface area contributed by atoms with E-state index in [-0.39, 0.29) is 17.7 Å². The molecule has 0 bridgehead atoms. The van der Waals surface area contributed by atoms with Gasteiger partial charge in [-0.2, -0.15) is 0 Å². The third-order valence-electron chi connectivity index (χ3n) is 4.33. The Balaban J connectivity index is 2.29. The van der Waals surface area contributed by atoms with Crippen LogP contribution in [0.25, 0.3) is 0 Å². The van der Waals surface area contributed by atoms with Gasteiger partial charge in [0.05, 0.1) is 27.5 Å². The second kappa shape index (κ2) is 4.96. The molecule has 0 aromatic heterocycles. The lowest BCUT2D eigenvalue weighted by Crippen LogP contribution is -2.41. The molecule has 8 heteroatoms. The lowest BCUT2D eigenvalue weighted by Gasteiger charge is -2.32. The topological polar surface area (TPSA) is 98.9 Å². The second-order valence-electron chi connectivity index (χ2n) is 6.26. The zero-order valence-corrected chi connectivity index (χ0v) is 12.5. The second-order valence-corrected chi connectivity index (χ2v) is 6.26. The van der Waals surface area contributed by atoms with Gasteiger partial charge in [-0.25, -0.2) is 4.79 Å². The fourth-order valence-electron chi connectivity index (χ4n) is 2.34. The van der Waals surface area contributed by atoms with Crippen LogP contribution in [0.15, 0.2) is 23.4 Å². The van der Waals surface area contributed by atoms with Gasteiger partial charge in [-0.3, -0.25) is 10.1 Å². The fraction of sp³-hybridized carbons (Fsp3) is 0.615. The Labute approximate surface area is 122 Å². The number of hydrogen-bond donors (Lipinski definition) is 1. The van der Waals surface area contributed by atoms with Gasteiger partial charge in [0.2, 0.25) is 5.70 Å². The first-order valence-electron chi connectivity index (χ1n) is 6.70. The number of rotatable bonds is 3. The van der Waals surface area contributed by atoms with Gasteiger partial charge in [0.15, 0.2) is 0 Å². The number of hydrogen-bond acceptors (Lipinski definition) is 5. The minimum absolute atomic E-state index is 0.0746. The van der Waals surface area contributed by atoms with E-state index in [1.807, 2.05) is 27.7 Å². The molecule has 0 radical (unpaired) electrons. The molecule has 0 aromatic carbocycles. The third kappa shape index (κ3) is 2.73. The molecule has 0 amide bonds. The molecule has 1 aliphatic carbocycles. The SMILES string of the molecule is CC1(C)OB(C2CC=C(C(=O)O)C=C2[N+](=O)[O-])OC1(C)C. The van der Waals surface area contributed by atoms with E-state index in [2.05, 4.69) is 0 Å². The minimum atomic E-state index is -1.18. The van der Waals surface area contributed by atoms with Crippen LogP contribution in [0.4, 0.5) is 0 Å². The van der Waals surface area contributed by atoms with Crippen LogP contribution in [-0.4, -0.2) is 34.3 Å². The molecule has 1 N–H and O–H groups in total. The summed E-state index contributed by atoms with van der Waals surface area (Å²) in [5, 5.41) is 20.2. The summed E-state index contributed by atoms with van der Waals surface area (Å²) in [6.07, 6.45) is 2.75. The van der Waals surface area contributed by atoms with Crippen LogP contribution in [0, 0.1) is 10.1 Å². The molecule has 1 aliphatic heterocycles. The van der Waals surface area contributed by atoms with Gasteiger partial charge < -0.3 is 14.4 Å². The maximum atomic E-state index is 11.2. The van der Waals surface area contributed by atoms with E-state index in [9.17, 15) is 14.9 Å². The van der Waals surface area contributed by atoms with Crippen LogP contribution in [0.3, 0.4) is 0 Å². The largest absolute Gasteiger partial charge is 0.478 e. The molecule has 21 heavy (non-hydrogen) atoms. The number of nitro groups is 1. The first-order valence-corrected chi connectivity index (χ1v) is 6.70. The van der Waals surface area contributed by atoms with Crippen molar-refractivity contribution in [3.63, 3.8) is 0 Å². The molecule has 0 spiro atoms. The van der Waals surface area contributed by atoms with Crippen LogP contribution in [0.5, 0.6) is 0 Å². The predicted molar refractivity (Wildman–Crippen MR) is 75.2 cm³/mol. The highest BCUT2D eigenvalue weighted by Crippen LogP contribution is 2.44. The van der Waals surface area contributed by atoms with Crippen molar-refractivity contribution in [2.75, 3.05) is 0 Å². The van der Waals surface area contributed by atoms with Crippen LogP contribution >= 0.6 is 0 Å². The van der Waals surface area contributed by atoms with Gasteiger partial charge in [0, 0.05) is 6.08 Å². The molecule has 1 atom stereocenters. The lowest BCUT2D eigenvalue weighted by atomic mass is 9.66. The summed E-state index contributed by atoms with van der Waals surface area (Å²) in [5.74, 6) is -1.80. The van der Waals surface area contributed by atoms with Gasteiger partial charge in [-0.15, -0.1) is 0 Å². The Morgan fingerprint density at radius 1 is 1.38 bits per heavy atom. The molecular weight excluding hydrogens is 277 g/mol. The number of allylic oxidation sites excluding steroid dienone is 2. The van der Waals surface area contributed by atoms with E-state index in [1.165, 1.54) is 6.08 Å². The number of nitrogens with zero attached hydrogens (tertiary/aromatic N) is 1. The maximum absolute atomic E-state index is 11.2. The number of carboxylic acid groups (broad SMARTS) is 1.